The number of fused-ring (bicyclic) bond motifs is 1. The first-order valence-corrected chi connectivity index (χ1v) is 7.22. The van der Waals surface area contributed by atoms with Crippen LogP contribution in [0.15, 0.2) is 48.5 Å². The number of rotatable bonds is 3. The number of hydrogen-bond acceptors (Lipinski definition) is 2. The predicted molar refractivity (Wildman–Crippen MR) is 81.0 cm³/mol. The Morgan fingerprint density at radius 2 is 1.95 bits per heavy atom. The standard InChI is InChI=1S/C17H13FOS/c1-11-8-14(18)7-6-12(11)9-15(19)17-10-13-4-2-3-5-16(13)20-17/h2-8,10H,9H2,1H3. The lowest BCUT2D eigenvalue weighted by Gasteiger charge is -2.04. The molecule has 0 saturated carbocycles. The predicted octanol–water partition coefficient (Wildman–Crippen LogP) is 4.77. The Kier molecular flexibility index (Phi) is 3.36. The quantitative estimate of drug-likeness (QED) is 0.633. The van der Waals surface area contributed by atoms with E-state index in [1.807, 2.05) is 37.3 Å². The number of ketones is 1. The van der Waals surface area contributed by atoms with Gasteiger partial charge in [0.05, 0.1) is 4.88 Å². The number of Topliss-reactive ketones (excluding diaryl/α,β-unsaturated/α-hetero) is 1. The zero-order valence-corrected chi connectivity index (χ0v) is 11.8. The molecule has 0 saturated heterocycles. The summed E-state index contributed by atoms with van der Waals surface area (Å²) in [4.78, 5) is 13.1. The molecule has 0 bridgehead atoms. The van der Waals surface area contributed by atoms with Crippen LogP contribution in [0.25, 0.3) is 10.1 Å². The van der Waals surface area contributed by atoms with E-state index in [1.54, 1.807) is 6.07 Å². The number of benzene rings is 2. The fourth-order valence-corrected chi connectivity index (χ4v) is 3.24. The molecule has 0 spiro atoms. The molecule has 3 rings (SSSR count). The molecule has 1 aromatic heterocycles. The number of carbonyl (C=O) groups is 1. The van der Waals surface area contributed by atoms with E-state index in [9.17, 15) is 9.18 Å². The molecule has 0 amide bonds. The summed E-state index contributed by atoms with van der Waals surface area (Å²) in [6.07, 6.45) is 0.318. The van der Waals surface area contributed by atoms with Crippen molar-refractivity contribution in [3.63, 3.8) is 0 Å². The highest BCUT2D eigenvalue weighted by atomic mass is 32.1. The minimum atomic E-state index is -0.263. The highest BCUT2D eigenvalue weighted by Crippen LogP contribution is 2.26. The Bertz CT molecular complexity index is 756. The number of carbonyl (C=O) groups excluding carboxylic acids is 1. The topological polar surface area (TPSA) is 17.1 Å². The minimum absolute atomic E-state index is 0.0842. The first-order valence-electron chi connectivity index (χ1n) is 6.40. The molecule has 0 aliphatic carbocycles. The van der Waals surface area contributed by atoms with Crippen LogP contribution in [-0.4, -0.2) is 5.78 Å². The molecule has 0 unspecified atom stereocenters. The van der Waals surface area contributed by atoms with Crippen LogP contribution in [-0.2, 0) is 6.42 Å². The SMILES string of the molecule is Cc1cc(F)ccc1CC(=O)c1cc2ccccc2s1. The fraction of sp³-hybridized carbons (Fsp3) is 0.118. The molecule has 3 aromatic rings. The molecule has 0 aliphatic heterocycles. The lowest BCUT2D eigenvalue weighted by molar-refractivity contribution is 0.0996. The van der Waals surface area contributed by atoms with Crippen molar-refractivity contribution in [1.29, 1.82) is 0 Å². The molecule has 0 N–H and O–H groups in total. The highest BCUT2D eigenvalue weighted by molar-refractivity contribution is 7.20. The first kappa shape index (κ1) is 13.0. The second kappa shape index (κ2) is 5.17. The van der Waals surface area contributed by atoms with Crippen LogP contribution in [0.1, 0.15) is 20.8 Å². The van der Waals surface area contributed by atoms with Crippen LogP contribution >= 0.6 is 11.3 Å². The van der Waals surface area contributed by atoms with E-state index in [1.165, 1.54) is 23.5 Å². The molecular weight excluding hydrogens is 271 g/mol. The van der Waals surface area contributed by atoms with Gasteiger partial charge in [-0.15, -0.1) is 11.3 Å². The maximum absolute atomic E-state index is 13.1. The van der Waals surface area contributed by atoms with Crippen molar-refractivity contribution in [2.75, 3.05) is 0 Å². The maximum atomic E-state index is 13.1. The number of hydrogen-bond donors (Lipinski definition) is 0. The van der Waals surface area contributed by atoms with Gasteiger partial charge in [0, 0.05) is 11.1 Å². The molecule has 3 heteroatoms. The summed E-state index contributed by atoms with van der Waals surface area (Å²) in [5.41, 5.74) is 1.70. The van der Waals surface area contributed by atoms with Crippen molar-refractivity contribution < 1.29 is 9.18 Å². The lowest BCUT2D eigenvalue weighted by atomic mass is 10.0. The number of thiophene rings is 1. The molecule has 0 atom stereocenters. The Labute approximate surface area is 120 Å². The molecule has 2 aromatic carbocycles. The third-order valence-corrected chi connectivity index (χ3v) is 4.51. The van der Waals surface area contributed by atoms with Gasteiger partial charge in [-0.2, -0.15) is 0 Å². The molecule has 0 fully saturated rings. The van der Waals surface area contributed by atoms with Gasteiger partial charge in [-0.05, 0) is 47.7 Å². The van der Waals surface area contributed by atoms with Crippen molar-refractivity contribution in [2.45, 2.75) is 13.3 Å². The molecule has 100 valence electrons. The molecule has 20 heavy (non-hydrogen) atoms. The van der Waals surface area contributed by atoms with Crippen molar-refractivity contribution >= 4 is 27.2 Å². The van der Waals surface area contributed by atoms with Gasteiger partial charge in [0.1, 0.15) is 5.82 Å². The van der Waals surface area contributed by atoms with Crippen LogP contribution in [0.5, 0.6) is 0 Å². The minimum Gasteiger partial charge on any atom is -0.293 e. The first-order chi connectivity index (χ1) is 9.63. The normalized spacial score (nSPS) is 10.9. The molecule has 1 nitrogen and oxygen atoms in total. The summed E-state index contributed by atoms with van der Waals surface area (Å²) < 4.78 is 14.2. The summed E-state index contributed by atoms with van der Waals surface area (Å²) in [5.74, 6) is -0.179. The molecular formula is C17H13FOS. The van der Waals surface area contributed by atoms with Gasteiger partial charge in [0.2, 0.25) is 0 Å². The second-order valence-electron chi connectivity index (χ2n) is 4.82. The van der Waals surface area contributed by atoms with Gasteiger partial charge in [0.25, 0.3) is 0 Å². The van der Waals surface area contributed by atoms with Crippen molar-refractivity contribution in [3.05, 3.63) is 70.4 Å². The van der Waals surface area contributed by atoms with Gasteiger partial charge in [-0.1, -0.05) is 24.3 Å². The van der Waals surface area contributed by atoms with Crippen LogP contribution in [0.4, 0.5) is 4.39 Å². The van der Waals surface area contributed by atoms with Crippen LogP contribution in [0, 0.1) is 12.7 Å². The third-order valence-electron chi connectivity index (χ3n) is 3.36. The zero-order chi connectivity index (χ0) is 14.1. The second-order valence-corrected chi connectivity index (χ2v) is 5.90. The molecule has 1 heterocycles. The summed E-state index contributed by atoms with van der Waals surface area (Å²) >= 11 is 1.51. The van der Waals surface area contributed by atoms with Crippen molar-refractivity contribution in [3.8, 4) is 0 Å². The maximum Gasteiger partial charge on any atom is 0.177 e. The van der Waals surface area contributed by atoms with Gasteiger partial charge in [-0.3, -0.25) is 4.79 Å². The third kappa shape index (κ3) is 2.49. The van der Waals surface area contributed by atoms with Gasteiger partial charge in [-0.25, -0.2) is 4.39 Å². The highest BCUT2D eigenvalue weighted by Gasteiger charge is 2.12. The summed E-state index contributed by atoms with van der Waals surface area (Å²) in [7, 11) is 0. The zero-order valence-electron chi connectivity index (χ0n) is 11.0. The van der Waals surface area contributed by atoms with E-state index in [0.29, 0.717) is 6.42 Å². The average Bonchev–Trinajstić information content (AvgIpc) is 2.86. The van der Waals surface area contributed by atoms with E-state index in [4.69, 9.17) is 0 Å². The Morgan fingerprint density at radius 3 is 2.70 bits per heavy atom. The largest absolute Gasteiger partial charge is 0.293 e. The fourth-order valence-electron chi connectivity index (χ4n) is 2.24. The molecule has 0 radical (unpaired) electrons. The summed E-state index contributed by atoms with van der Waals surface area (Å²) in [5, 5.41) is 1.09. The van der Waals surface area contributed by atoms with Crippen molar-refractivity contribution in [2.24, 2.45) is 0 Å². The van der Waals surface area contributed by atoms with E-state index in [2.05, 4.69) is 0 Å². The van der Waals surface area contributed by atoms with Gasteiger partial charge in [0.15, 0.2) is 5.78 Å². The average molecular weight is 284 g/mol. The van der Waals surface area contributed by atoms with Crippen molar-refractivity contribution in [1.82, 2.24) is 0 Å². The summed E-state index contributed by atoms with van der Waals surface area (Å²) in [6.45, 7) is 1.83. The Hall–Kier alpha value is -2.00. The summed E-state index contributed by atoms with van der Waals surface area (Å²) in [6, 6.07) is 14.4. The lowest BCUT2D eigenvalue weighted by Crippen LogP contribution is -2.03. The van der Waals surface area contributed by atoms with E-state index < -0.39 is 0 Å². The monoisotopic (exact) mass is 284 g/mol. The van der Waals surface area contributed by atoms with E-state index in [-0.39, 0.29) is 11.6 Å². The Morgan fingerprint density at radius 1 is 1.15 bits per heavy atom. The van der Waals surface area contributed by atoms with Gasteiger partial charge >= 0.3 is 0 Å². The van der Waals surface area contributed by atoms with Gasteiger partial charge < -0.3 is 0 Å². The van der Waals surface area contributed by atoms with Crippen LogP contribution in [0.2, 0.25) is 0 Å². The Balaban J connectivity index is 1.89. The van der Waals surface area contributed by atoms with E-state index in [0.717, 1.165) is 26.1 Å². The van der Waals surface area contributed by atoms with E-state index >= 15 is 0 Å². The number of halogens is 1. The number of aryl methyl sites for hydroxylation is 1. The van der Waals surface area contributed by atoms with Crippen LogP contribution in [0.3, 0.4) is 0 Å². The smallest absolute Gasteiger partial charge is 0.177 e. The molecule has 0 aliphatic rings. The van der Waals surface area contributed by atoms with Crippen LogP contribution < -0.4 is 0 Å².